The molecule has 138 valence electrons. The third-order valence-corrected chi connectivity index (χ3v) is 4.23. The Morgan fingerprint density at radius 1 is 1.04 bits per heavy atom. The minimum Gasteiger partial charge on any atom is -0.491 e. The van der Waals surface area contributed by atoms with E-state index in [1.165, 1.54) is 12.1 Å². The van der Waals surface area contributed by atoms with Crippen LogP contribution >= 0.6 is 11.6 Å². The van der Waals surface area contributed by atoms with E-state index in [-0.39, 0.29) is 18.1 Å². The Kier molecular flexibility index (Phi) is 6.06. The van der Waals surface area contributed by atoms with Crippen LogP contribution in [0, 0.1) is 5.82 Å². The van der Waals surface area contributed by atoms with E-state index >= 15 is 0 Å². The lowest BCUT2D eigenvalue weighted by molar-refractivity contribution is 0.102. The molecule has 4 nitrogen and oxygen atoms in total. The van der Waals surface area contributed by atoms with Gasteiger partial charge >= 0.3 is 0 Å². The first kappa shape index (κ1) is 18.9. The van der Waals surface area contributed by atoms with Crippen LogP contribution in [0.5, 0.6) is 5.75 Å². The molecule has 0 heterocycles. The maximum absolute atomic E-state index is 13.6. The minimum absolute atomic E-state index is 0.0910. The molecule has 0 aliphatic rings. The summed E-state index contributed by atoms with van der Waals surface area (Å²) < 4.78 is 19.1. The van der Waals surface area contributed by atoms with E-state index in [1.807, 2.05) is 0 Å². The molecule has 0 saturated heterocycles. The van der Waals surface area contributed by atoms with Crippen molar-refractivity contribution < 1.29 is 19.0 Å². The van der Waals surface area contributed by atoms with Gasteiger partial charge in [0.15, 0.2) is 0 Å². The minimum atomic E-state index is -1.08. The molecular formula is C21H17ClFNO3. The molecule has 3 aromatic rings. The van der Waals surface area contributed by atoms with Crippen molar-refractivity contribution in [2.24, 2.45) is 0 Å². The maximum atomic E-state index is 13.6. The number of carbonyl (C=O) groups is 1. The molecule has 0 unspecified atom stereocenters. The third kappa shape index (κ3) is 4.84. The molecule has 0 aromatic heterocycles. The van der Waals surface area contributed by atoms with Gasteiger partial charge < -0.3 is 15.2 Å². The van der Waals surface area contributed by atoms with Crippen molar-refractivity contribution in [1.82, 2.24) is 0 Å². The molecule has 0 radical (unpaired) electrons. The molecule has 1 atom stereocenters. The Hall–Kier alpha value is -2.89. The van der Waals surface area contributed by atoms with Crippen molar-refractivity contribution in [1.29, 1.82) is 0 Å². The molecule has 0 aliphatic carbocycles. The topological polar surface area (TPSA) is 58.6 Å². The van der Waals surface area contributed by atoms with Gasteiger partial charge in [0.2, 0.25) is 0 Å². The van der Waals surface area contributed by atoms with Crippen molar-refractivity contribution in [2.75, 3.05) is 11.9 Å². The third-order valence-electron chi connectivity index (χ3n) is 3.90. The zero-order valence-corrected chi connectivity index (χ0v) is 15.0. The van der Waals surface area contributed by atoms with Crippen LogP contribution in [0.1, 0.15) is 22.0 Å². The van der Waals surface area contributed by atoms with E-state index in [2.05, 4.69) is 5.32 Å². The van der Waals surface area contributed by atoms with E-state index in [9.17, 15) is 14.3 Å². The first-order valence-corrected chi connectivity index (χ1v) is 8.63. The summed E-state index contributed by atoms with van der Waals surface area (Å²) in [5, 5.41) is 13.2. The zero-order chi connectivity index (χ0) is 19.2. The van der Waals surface area contributed by atoms with Crippen LogP contribution in [0.3, 0.4) is 0 Å². The number of carbonyl (C=O) groups excluding carboxylic acids is 1. The Bertz CT molecular complexity index is 931. The van der Waals surface area contributed by atoms with Gasteiger partial charge in [0, 0.05) is 11.3 Å². The molecule has 0 saturated carbocycles. The van der Waals surface area contributed by atoms with Crippen molar-refractivity contribution in [3.05, 3.63) is 94.8 Å². The Morgan fingerprint density at radius 3 is 2.41 bits per heavy atom. The van der Waals surface area contributed by atoms with Gasteiger partial charge in [-0.3, -0.25) is 4.79 Å². The van der Waals surface area contributed by atoms with Crippen molar-refractivity contribution >= 4 is 23.2 Å². The molecule has 3 aromatic carbocycles. The highest BCUT2D eigenvalue weighted by Gasteiger charge is 2.13. The smallest absolute Gasteiger partial charge is 0.257 e. The number of anilines is 1. The van der Waals surface area contributed by atoms with Crippen LogP contribution < -0.4 is 10.1 Å². The monoisotopic (exact) mass is 385 g/mol. The largest absolute Gasteiger partial charge is 0.491 e. The molecule has 6 heteroatoms. The van der Waals surface area contributed by atoms with Gasteiger partial charge in [-0.05, 0) is 42.5 Å². The average Bonchev–Trinajstić information content (AvgIpc) is 2.68. The average molecular weight is 386 g/mol. The normalized spacial score (nSPS) is 11.7. The Balaban J connectivity index is 1.58. The number of rotatable bonds is 6. The summed E-state index contributed by atoms with van der Waals surface area (Å²) >= 11 is 6.01. The lowest BCUT2D eigenvalue weighted by Gasteiger charge is -2.14. The predicted octanol–water partition coefficient (Wildman–Crippen LogP) is 4.84. The van der Waals surface area contributed by atoms with E-state index in [4.69, 9.17) is 16.3 Å². The summed E-state index contributed by atoms with van der Waals surface area (Å²) in [7, 11) is 0. The zero-order valence-electron chi connectivity index (χ0n) is 14.2. The van der Waals surface area contributed by atoms with Crippen molar-refractivity contribution in [3.63, 3.8) is 0 Å². The van der Waals surface area contributed by atoms with Crippen LogP contribution in [0.15, 0.2) is 72.8 Å². The van der Waals surface area contributed by atoms with E-state index in [0.29, 0.717) is 22.0 Å². The number of hydrogen-bond donors (Lipinski definition) is 2. The summed E-state index contributed by atoms with van der Waals surface area (Å²) in [5.41, 5.74) is 1.13. The molecule has 0 bridgehead atoms. The number of aliphatic hydroxyl groups is 1. The standard InChI is InChI=1S/C21H17ClFNO3/c22-18-7-3-1-5-16(18)21(26)24-14-9-11-15(12-10-14)27-13-20(25)17-6-2-4-8-19(17)23/h1-12,20,25H,13H2,(H,24,26)/t20-/m1/s1. The van der Waals surface area contributed by atoms with Gasteiger partial charge in [0.25, 0.3) is 5.91 Å². The molecule has 27 heavy (non-hydrogen) atoms. The molecule has 3 rings (SSSR count). The van der Waals surface area contributed by atoms with Gasteiger partial charge in [0.1, 0.15) is 24.3 Å². The second kappa shape index (κ2) is 8.66. The fraction of sp³-hybridized carbons (Fsp3) is 0.0952. The Morgan fingerprint density at radius 2 is 1.70 bits per heavy atom. The lowest BCUT2D eigenvalue weighted by atomic mass is 10.1. The molecule has 0 fully saturated rings. The van der Waals surface area contributed by atoms with Crippen molar-refractivity contribution in [3.8, 4) is 5.75 Å². The highest BCUT2D eigenvalue weighted by Crippen LogP contribution is 2.22. The first-order valence-electron chi connectivity index (χ1n) is 8.26. The molecular weight excluding hydrogens is 369 g/mol. The lowest BCUT2D eigenvalue weighted by Crippen LogP contribution is -2.13. The molecule has 1 amide bonds. The Labute approximate surface area is 161 Å². The first-order chi connectivity index (χ1) is 13.0. The second-order valence-corrected chi connectivity index (χ2v) is 6.21. The number of amides is 1. The van der Waals surface area contributed by atoms with Crippen molar-refractivity contribution in [2.45, 2.75) is 6.10 Å². The van der Waals surface area contributed by atoms with Gasteiger partial charge in [-0.1, -0.05) is 41.9 Å². The van der Waals surface area contributed by atoms with Crippen LogP contribution in [0.4, 0.5) is 10.1 Å². The fourth-order valence-electron chi connectivity index (χ4n) is 2.49. The van der Waals surface area contributed by atoms with E-state index in [1.54, 1.807) is 60.7 Å². The van der Waals surface area contributed by atoms with Crippen LogP contribution in [-0.2, 0) is 0 Å². The predicted molar refractivity (Wildman–Crippen MR) is 103 cm³/mol. The number of aliphatic hydroxyl groups excluding tert-OH is 1. The SMILES string of the molecule is O=C(Nc1ccc(OC[C@@H](O)c2ccccc2F)cc1)c1ccccc1Cl. The summed E-state index contributed by atoms with van der Waals surface area (Å²) in [6.07, 6.45) is -1.08. The highest BCUT2D eigenvalue weighted by molar-refractivity contribution is 6.34. The number of benzene rings is 3. The number of ether oxygens (including phenoxy) is 1. The van der Waals surface area contributed by atoms with Gasteiger partial charge in [-0.25, -0.2) is 4.39 Å². The number of halogens is 2. The summed E-state index contributed by atoms with van der Waals surface area (Å²) in [6, 6.07) is 19.4. The van der Waals surface area contributed by atoms with Crippen LogP contribution in [0.25, 0.3) is 0 Å². The second-order valence-electron chi connectivity index (χ2n) is 5.81. The van der Waals surface area contributed by atoms with E-state index < -0.39 is 11.9 Å². The van der Waals surface area contributed by atoms with E-state index in [0.717, 1.165) is 0 Å². The molecule has 0 spiro atoms. The molecule has 0 aliphatic heterocycles. The summed E-state index contributed by atoms with van der Waals surface area (Å²) in [6.45, 7) is -0.0910. The number of nitrogens with one attached hydrogen (secondary N) is 1. The quantitative estimate of drug-likeness (QED) is 0.638. The maximum Gasteiger partial charge on any atom is 0.257 e. The molecule has 2 N–H and O–H groups in total. The fourth-order valence-corrected chi connectivity index (χ4v) is 2.71. The summed E-state index contributed by atoms with van der Waals surface area (Å²) in [5.74, 6) is -0.309. The summed E-state index contributed by atoms with van der Waals surface area (Å²) in [4.78, 5) is 12.2. The van der Waals surface area contributed by atoms with Gasteiger partial charge in [-0.15, -0.1) is 0 Å². The number of hydrogen-bond acceptors (Lipinski definition) is 3. The van der Waals surface area contributed by atoms with Gasteiger partial charge in [0.05, 0.1) is 10.6 Å². The highest BCUT2D eigenvalue weighted by atomic mass is 35.5. The van der Waals surface area contributed by atoms with Gasteiger partial charge in [-0.2, -0.15) is 0 Å². The van der Waals surface area contributed by atoms with Crippen LogP contribution in [0.2, 0.25) is 5.02 Å². The van der Waals surface area contributed by atoms with Crippen LogP contribution in [-0.4, -0.2) is 17.6 Å².